The second kappa shape index (κ2) is 7.81. The first-order chi connectivity index (χ1) is 10.8. The van der Waals surface area contributed by atoms with Crippen LogP contribution in [0.25, 0.3) is 0 Å². The molecule has 2 rings (SSSR count). The van der Waals surface area contributed by atoms with Crippen molar-refractivity contribution >= 4 is 5.71 Å². The molecule has 1 N–H and O–H groups in total. The average molecular weight is 296 g/mol. The summed E-state index contributed by atoms with van der Waals surface area (Å²) in [6.07, 6.45) is 0. The minimum Gasteiger partial charge on any atom is -0.487 e. The third-order valence-electron chi connectivity index (χ3n) is 3.03. The van der Waals surface area contributed by atoms with Crippen molar-refractivity contribution in [2.24, 2.45) is 5.16 Å². The fraction of sp³-hybridized carbons (Fsp3) is 0.176. The zero-order valence-corrected chi connectivity index (χ0v) is 12.2. The Morgan fingerprint density at radius 3 is 2.36 bits per heavy atom. The lowest BCUT2D eigenvalue weighted by Crippen LogP contribution is -2.13. The molecule has 0 aliphatic heterocycles. The third kappa shape index (κ3) is 4.08. The van der Waals surface area contributed by atoms with Crippen LogP contribution in [0.1, 0.15) is 16.7 Å². The van der Waals surface area contributed by atoms with Crippen molar-refractivity contribution in [1.29, 1.82) is 5.26 Å². The quantitative estimate of drug-likeness (QED) is 0.656. The van der Waals surface area contributed by atoms with Gasteiger partial charge in [0, 0.05) is 5.56 Å². The molecule has 0 aliphatic rings. The second-order valence-electron chi connectivity index (χ2n) is 4.50. The van der Waals surface area contributed by atoms with E-state index in [4.69, 9.17) is 19.9 Å². The summed E-state index contributed by atoms with van der Waals surface area (Å²) in [6.45, 7) is 0.236. The highest BCUT2D eigenvalue weighted by Crippen LogP contribution is 2.13. The molecule has 22 heavy (non-hydrogen) atoms. The van der Waals surface area contributed by atoms with Gasteiger partial charge in [-0.1, -0.05) is 29.4 Å². The number of aliphatic hydroxyl groups is 1. The van der Waals surface area contributed by atoms with Gasteiger partial charge in [0.2, 0.25) is 0 Å². The summed E-state index contributed by atoms with van der Waals surface area (Å²) in [5, 5.41) is 21.8. The first kappa shape index (κ1) is 15.5. The Bertz CT molecular complexity index is 671. The lowest BCUT2D eigenvalue weighted by atomic mass is 10.1. The van der Waals surface area contributed by atoms with E-state index in [2.05, 4.69) is 11.2 Å². The number of benzene rings is 2. The van der Waals surface area contributed by atoms with Crippen molar-refractivity contribution in [1.82, 2.24) is 0 Å². The Hall–Kier alpha value is -2.84. The fourth-order valence-electron chi connectivity index (χ4n) is 1.85. The largest absolute Gasteiger partial charge is 0.487 e. The number of nitrogens with zero attached hydrogens (tertiary/aromatic N) is 2. The van der Waals surface area contributed by atoms with Crippen molar-refractivity contribution in [3.63, 3.8) is 0 Å². The van der Waals surface area contributed by atoms with Gasteiger partial charge in [0.1, 0.15) is 25.2 Å². The Kier molecular flexibility index (Phi) is 5.52. The first-order valence-electron chi connectivity index (χ1n) is 6.70. The van der Waals surface area contributed by atoms with Crippen LogP contribution in [0.4, 0.5) is 0 Å². The number of oxime groups is 1. The van der Waals surface area contributed by atoms with Crippen LogP contribution < -0.4 is 4.74 Å². The van der Waals surface area contributed by atoms with Crippen LogP contribution in [-0.4, -0.2) is 24.5 Å². The summed E-state index contributed by atoms with van der Waals surface area (Å²) >= 11 is 0. The molecule has 0 aromatic heterocycles. The van der Waals surface area contributed by atoms with Crippen LogP contribution in [-0.2, 0) is 11.4 Å². The van der Waals surface area contributed by atoms with E-state index in [-0.39, 0.29) is 13.2 Å². The van der Waals surface area contributed by atoms with E-state index in [0.29, 0.717) is 17.0 Å². The summed E-state index contributed by atoms with van der Waals surface area (Å²) < 4.78 is 5.67. The number of nitriles is 1. The molecule has 0 saturated heterocycles. The van der Waals surface area contributed by atoms with Crippen LogP contribution >= 0.6 is 0 Å². The normalized spacial score (nSPS) is 10.9. The standard InChI is InChI=1S/C17H16N2O3/c1-21-19-17(15-6-2-13(10-18)3-7-15)12-22-16-8-4-14(11-20)5-9-16/h2-9,20H,11-12H2,1H3. The van der Waals surface area contributed by atoms with E-state index in [1.54, 1.807) is 48.5 Å². The van der Waals surface area contributed by atoms with Crippen molar-refractivity contribution in [3.05, 3.63) is 65.2 Å². The molecule has 0 unspecified atom stereocenters. The predicted molar refractivity (Wildman–Crippen MR) is 82.6 cm³/mol. The molecule has 0 spiro atoms. The van der Waals surface area contributed by atoms with Crippen molar-refractivity contribution in [3.8, 4) is 11.8 Å². The minimum absolute atomic E-state index is 0.00189. The first-order valence-corrected chi connectivity index (χ1v) is 6.70. The monoisotopic (exact) mass is 296 g/mol. The summed E-state index contributed by atoms with van der Waals surface area (Å²) in [5.41, 5.74) is 2.86. The van der Waals surface area contributed by atoms with E-state index in [0.717, 1.165) is 11.1 Å². The molecule has 2 aromatic carbocycles. The maximum absolute atomic E-state index is 9.01. The van der Waals surface area contributed by atoms with Crippen LogP contribution in [0.2, 0.25) is 0 Å². The van der Waals surface area contributed by atoms with Gasteiger partial charge in [-0.3, -0.25) is 0 Å². The molecule has 0 radical (unpaired) electrons. The van der Waals surface area contributed by atoms with Crippen LogP contribution in [0.3, 0.4) is 0 Å². The Labute approximate surface area is 129 Å². The van der Waals surface area contributed by atoms with Crippen molar-refractivity contribution < 1.29 is 14.7 Å². The predicted octanol–water partition coefficient (Wildman–Crippen LogP) is 2.48. The number of rotatable bonds is 6. The lowest BCUT2D eigenvalue weighted by Gasteiger charge is -2.09. The van der Waals surface area contributed by atoms with E-state index >= 15 is 0 Å². The topological polar surface area (TPSA) is 74.8 Å². The molecule has 0 saturated carbocycles. The molecular formula is C17H16N2O3. The smallest absolute Gasteiger partial charge is 0.134 e. The van der Waals surface area contributed by atoms with Gasteiger partial charge in [-0.2, -0.15) is 5.26 Å². The maximum atomic E-state index is 9.01. The lowest BCUT2D eigenvalue weighted by molar-refractivity contribution is 0.210. The van der Waals surface area contributed by atoms with E-state index in [1.807, 2.05) is 0 Å². The Balaban J connectivity index is 2.08. The fourth-order valence-corrected chi connectivity index (χ4v) is 1.85. The van der Waals surface area contributed by atoms with E-state index in [1.165, 1.54) is 7.11 Å². The molecule has 0 heterocycles. The van der Waals surface area contributed by atoms with E-state index < -0.39 is 0 Å². The molecule has 0 aliphatic carbocycles. The van der Waals surface area contributed by atoms with Gasteiger partial charge >= 0.3 is 0 Å². The van der Waals surface area contributed by atoms with Crippen molar-refractivity contribution in [2.75, 3.05) is 13.7 Å². The van der Waals surface area contributed by atoms with Crippen LogP contribution in [0.15, 0.2) is 53.7 Å². The number of ether oxygens (including phenoxy) is 1. The van der Waals surface area contributed by atoms with Gasteiger partial charge in [0.05, 0.1) is 18.2 Å². The molecule has 2 aromatic rings. The van der Waals surface area contributed by atoms with Gasteiger partial charge in [0.25, 0.3) is 0 Å². The average Bonchev–Trinajstić information content (AvgIpc) is 2.59. The Morgan fingerprint density at radius 1 is 1.14 bits per heavy atom. The van der Waals surface area contributed by atoms with Gasteiger partial charge < -0.3 is 14.7 Å². The van der Waals surface area contributed by atoms with Gasteiger partial charge in [-0.25, -0.2) is 0 Å². The molecular weight excluding hydrogens is 280 g/mol. The Morgan fingerprint density at radius 2 is 1.82 bits per heavy atom. The van der Waals surface area contributed by atoms with Gasteiger partial charge in [-0.15, -0.1) is 0 Å². The zero-order valence-electron chi connectivity index (χ0n) is 12.2. The third-order valence-corrected chi connectivity index (χ3v) is 3.03. The molecule has 0 bridgehead atoms. The highest BCUT2D eigenvalue weighted by molar-refractivity contribution is 6.01. The molecule has 5 heteroatoms. The SMILES string of the molecule is CON=C(COc1ccc(CO)cc1)c1ccc(C#N)cc1. The molecule has 0 atom stereocenters. The number of hydrogen-bond acceptors (Lipinski definition) is 5. The molecule has 5 nitrogen and oxygen atoms in total. The summed E-state index contributed by atoms with van der Waals surface area (Å²) in [4.78, 5) is 4.85. The van der Waals surface area contributed by atoms with E-state index in [9.17, 15) is 0 Å². The number of aliphatic hydroxyl groups excluding tert-OH is 1. The van der Waals surface area contributed by atoms with Gasteiger partial charge in [-0.05, 0) is 29.8 Å². The molecule has 112 valence electrons. The highest BCUT2D eigenvalue weighted by atomic mass is 16.6. The highest BCUT2D eigenvalue weighted by Gasteiger charge is 2.06. The maximum Gasteiger partial charge on any atom is 0.134 e. The van der Waals surface area contributed by atoms with Crippen molar-refractivity contribution in [2.45, 2.75) is 6.61 Å². The summed E-state index contributed by atoms with van der Waals surface area (Å²) in [7, 11) is 1.47. The second-order valence-corrected chi connectivity index (χ2v) is 4.50. The van der Waals surface area contributed by atoms with Crippen LogP contribution in [0, 0.1) is 11.3 Å². The molecule has 0 amide bonds. The number of hydrogen-bond donors (Lipinski definition) is 1. The van der Waals surface area contributed by atoms with Gasteiger partial charge in [0.15, 0.2) is 0 Å². The van der Waals surface area contributed by atoms with Crippen LogP contribution in [0.5, 0.6) is 5.75 Å². The molecule has 0 fully saturated rings. The minimum atomic E-state index is 0.00189. The zero-order chi connectivity index (χ0) is 15.8. The summed E-state index contributed by atoms with van der Waals surface area (Å²) in [5.74, 6) is 0.676. The summed E-state index contributed by atoms with van der Waals surface area (Å²) in [6, 6.07) is 16.3.